The molecule has 6 nitrogen and oxygen atoms in total. The van der Waals surface area contributed by atoms with Gasteiger partial charge in [-0.2, -0.15) is 0 Å². The molecule has 0 atom stereocenters. The summed E-state index contributed by atoms with van der Waals surface area (Å²) in [5.41, 5.74) is 0.853. The third-order valence-corrected chi connectivity index (χ3v) is 3.74. The van der Waals surface area contributed by atoms with Gasteiger partial charge in [0.25, 0.3) is 0 Å². The number of nitrogens with zero attached hydrogens (tertiary/aromatic N) is 3. The average molecular weight is 373 g/mol. The Labute approximate surface area is 136 Å². The lowest BCUT2D eigenvalue weighted by Gasteiger charge is -2.09. The number of aryl methyl sites for hydroxylation is 1. The van der Waals surface area contributed by atoms with Crippen molar-refractivity contribution in [3.05, 3.63) is 45.4 Å². The second kappa shape index (κ2) is 7.42. The molecule has 1 aromatic heterocycles. The Bertz CT molecular complexity index is 631. The molecule has 1 heterocycles. The number of carbonyl (C=O) groups excluding carboxylic acids is 1. The molecule has 2 aromatic rings. The van der Waals surface area contributed by atoms with Crippen LogP contribution in [-0.4, -0.2) is 20.8 Å². The van der Waals surface area contributed by atoms with Gasteiger partial charge in [-0.3, -0.25) is 0 Å². The van der Waals surface area contributed by atoms with Gasteiger partial charge in [0, 0.05) is 22.6 Å². The molecule has 0 aliphatic heterocycles. The van der Waals surface area contributed by atoms with Crippen molar-refractivity contribution in [3.8, 4) is 0 Å². The summed E-state index contributed by atoms with van der Waals surface area (Å²) >= 11 is 9.42. The van der Waals surface area contributed by atoms with Gasteiger partial charge >= 0.3 is 6.03 Å². The lowest BCUT2D eigenvalue weighted by molar-refractivity contribution is 0.239. The second-order valence-electron chi connectivity index (χ2n) is 4.31. The molecular formula is C13H15BrClN5O. The molecule has 2 amide bonds. The van der Waals surface area contributed by atoms with E-state index in [2.05, 4.69) is 36.8 Å². The Hall–Kier alpha value is -1.60. The molecule has 0 aliphatic rings. The van der Waals surface area contributed by atoms with Crippen molar-refractivity contribution in [2.75, 3.05) is 0 Å². The number of benzene rings is 1. The van der Waals surface area contributed by atoms with E-state index in [9.17, 15) is 4.79 Å². The first-order chi connectivity index (χ1) is 10.1. The number of aromatic nitrogens is 3. The van der Waals surface area contributed by atoms with Crippen LogP contribution in [0.3, 0.4) is 0 Å². The number of hydrogen-bond donors (Lipinski definition) is 2. The number of carbonyl (C=O) groups is 1. The zero-order valence-electron chi connectivity index (χ0n) is 11.4. The van der Waals surface area contributed by atoms with Crippen LogP contribution in [0.5, 0.6) is 0 Å². The Morgan fingerprint density at radius 2 is 2.14 bits per heavy atom. The van der Waals surface area contributed by atoms with Gasteiger partial charge in [0.05, 0.1) is 6.54 Å². The van der Waals surface area contributed by atoms with Gasteiger partial charge in [-0.05, 0) is 24.6 Å². The Kier molecular flexibility index (Phi) is 5.58. The van der Waals surface area contributed by atoms with E-state index in [0.29, 0.717) is 23.9 Å². The van der Waals surface area contributed by atoms with Crippen LogP contribution in [0.2, 0.25) is 5.02 Å². The highest BCUT2D eigenvalue weighted by molar-refractivity contribution is 9.10. The fraction of sp³-hybridized carbons (Fsp3) is 0.308. The zero-order valence-corrected chi connectivity index (χ0v) is 13.8. The highest BCUT2D eigenvalue weighted by Crippen LogP contribution is 2.21. The van der Waals surface area contributed by atoms with Crippen molar-refractivity contribution in [3.63, 3.8) is 0 Å². The standard InChI is InChI=1S/C13H15BrClN5O/c1-2-20-8-18-19-12(20)7-17-13(21)16-6-9-3-4-10(14)5-11(9)15/h3-5,8H,2,6-7H2,1H3,(H2,16,17,21). The second-order valence-corrected chi connectivity index (χ2v) is 5.63. The summed E-state index contributed by atoms with van der Waals surface area (Å²) in [6, 6.07) is 5.25. The summed E-state index contributed by atoms with van der Waals surface area (Å²) in [6.45, 7) is 3.44. The molecule has 2 rings (SSSR count). The summed E-state index contributed by atoms with van der Waals surface area (Å²) in [6.07, 6.45) is 1.64. The lowest BCUT2D eigenvalue weighted by atomic mass is 10.2. The Balaban J connectivity index is 1.82. The zero-order chi connectivity index (χ0) is 15.2. The van der Waals surface area contributed by atoms with Crippen molar-refractivity contribution in [1.29, 1.82) is 0 Å². The fourth-order valence-electron chi connectivity index (χ4n) is 1.74. The van der Waals surface area contributed by atoms with Gasteiger partial charge < -0.3 is 15.2 Å². The minimum absolute atomic E-state index is 0.278. The summed E-state index contributed by atoms with van der Waals surface area (Å²) in [5, 5.41) is 13.8. The summed E-state index contributed by atoms with van der Waals surface area (Å²) in [7, 11) is 0. The van der Waals surface area contributed by atoms with E-state index in [4.69, 9.17) is 11.6 Å². The quantitative estimate of drug-likeness (QED) is 0.847. The molecule has 2 N–H and O–H groups in total. The number of amides is 2. The molecule has 0 aliphatic carbocycles. The maximum absolute atomic E-state index is 11.8. The summed E-state index contributed by atoms with van der Waals surface area (Å²) in [4.78, 5) is 11.8. The molecular weight excluding hydrogens is 358 g/mol. The number of urea groups is 1. The largest absolute Gasteiger partial charge is 0.334 e. The maximum atomic E-state index is 11.8. The van der Waals surface area contributed by atoms with Gasteiger partial charge in [0.15, 0.2) is 5.82 Å². The summed E-state index contributed by atoms with van der Waals surface area (Å²) in [5.74, 6) is 0.717. The van der Waals surface area contributed by atoms with Crippen molar-refractivity contribution in [2.24, 2.45) is 0 Å². The van der Waals surface area contributed by atoms with E-state index in [1.54, 1.807) is 12.4 Å². The van der Waals surface area contributed by atoms with Crippen molar-refractivity contribution in [2.45, 2.75) is 26.6 Å². The van der Waals surface area contributed by atoms with Crippen LogP contribution in [-0.2, 0) is 19.6 Å². The van der Waals surface area contributed by atoms with Gasteiger partial charge in [-0.1, -0.05) is 33.6 Å². The minimum Gasteiger partial charge on any atom is -0.334 e. The van der Waals surface area contributed by atoms with Crippen LogP contribution < -0.4 is 10.6 Å². The third kappa shape index (κ3) is 4.44. The smallest absolute Gasteiger partial charge is 0.315 e. The van der Waals surface area contributed by atoms with E-state index in [0.717, 1.165) is 16.6 Å². The Morgan fingerprint density at radius 1 is 1.38 bits per heavy atom. The van der Waals surface area contributed by atoms with Crippen molar-refractivity contribution >= 4 is 33.6 Å². The van der Waals surface area contributed by atoms with Crippen LogP contribution in [0.1, 0.15) is 18.3 Å². The normalized spacial score (nSPS) is 10.4. The van der Waals surface area contributed by atoms with Crippen LogP contribution in [0.15, 0.2) is 29.0 Å². The molecule has 0 bridgehead atoms. The van der Waals surface area contributed by atoms with E-state index in [1.165, 1.54) is 0 Å². The first-order valence-electron chi connectivity index (χ1n) is 6.42. The number of halogens is 2. The van der Waals surface area contributed by atoms with Crippen LogP contribution in [0, 0.1) is 0 Å². The number of hydrogen-bond acceptors (Lipinski definition) is 3. The van der Waals surface area contributed by atoms with Crippen LogP contribution in [0.4, 0.5) is 4.79 Å². The number of nitrogens with one attached hydrogen (secondary N) is 2. The molecule has 112 valence electrons. The van der Waals surface area contributed by atoms with E-state index >= 15 is 0 Å². The van der Waals surface area contributed by atoms with Crippen LogP contribution >= 0.6 is 27.5 Å². The van der Waals surface area contributed by atoms with Gasteiger partial charge in [-0.15, -0.1) is 10.2 Å². The molecule has 0 spiro atoms. The number of rotatable bonds is 5. The average Bonchev–Trinajstić information content (AvgIpc) is 2.91. The lowest BCUT2D eigenvalue weighted by Crippen LogP contribution is -2.35. The minimum atomic E-state index is -0.278. The molecule has 0 fully saturated rings. The molecule has 0 saturated heterocycles. The fourth-order valence-corrected chi connectivity index (χ4v) is 2.48. The molecule has 0 radical (unpaired) electrons. The Morgan fingerprint density at radius 3 is 2.86 bits per heavy atom. The van der Waals surface area contributed by atoms with Gasteiger partial charge in [-0.25, -0.2) is 4.79 Å². The highest BCUT2D eigenvalue weighted by atomic mass is 79.9. The SMILES string of the molecule is CCn1cnnc1CNC(=O)NCc1ccc(Br)cc1Cl. The van der Waals surface area contributed by atoms with E-state index < -0.39 is 0 Å². The van der Waals surface area contributed by atoms with E-state index in [1.807, 2.05) is 23.6 Å². The third-order valence-electron chi connectivity index (χ3n) is 2.90. The van der Waals surface area contributed by atoms with Gasteiger partial charge in [0.2, 0.25) is 0 Å². The molecule has 0 unspecified atom stereocenters. The van der Waals surface area contributed by atoms with Gasteiger partial charge in [0.1, 0.15) is 6.33 Å². The predicted octanol–water partition coefficient (Wildman–Crippen LogP) is 2.71. The maximum Gasteiger partial charge on any atom is 0.315 e. The van der Waals surface area contributed by atoms with E-state index in [-0.39, 0.29) is 6.03 Å². The predicted molar refractivity (Wildman–Crippen MR) is 83.9 cm³/mol. The first-order valence-corrected chi connectivity index (χ1v) is 7.59. The molecule has 8 heteroatoms. The summed E-state index contributed by atoms with van der Waals surface area (Å²) < 4.78 is 2.77. The highest BCUT2D eigenvalue weighted by Gasteiger charge is 2.07. The molecule has 1 aromatic carbocycles. The van der Waals surface area contributed by atoms with Crippen molar-refractivity contribution < 1.29 is 4.79 Å². The molecule has 21 heavy (non-hydrogen) atoms. The van der Waals surface area contributed by atoms with Crippen LogP contribution in [0.25, 0.3) is 0 Å². The topological polar surface area (TPSA) is 71.8 Å². The first kappa shape index (κ1) is 15.8. The van der Waals surface area contributed by atoms with Crippen molar-refractivity contribution in [1.82, 2.24) is 25.4 Å². The molecule has 0 saturated carbocycles. The monoisotopic (exact) mass is 371 g/mol.